The SMILES string of the molecule is COC1CCCCC1(O)C1=CCCCC1. The van der Waals surface area contributed by atoms with Gasteiger partial charge < -0.3 is 9.84 Å². The molecule has 0 saturated heterocycles. The zero-order valence-electron chi connectivity index (χ0n) is 9.67. The fourth-order valence-corrected chi connectivity index (χ4v) is 3.04. The molecule has 1 N–H and O–H groups in total. The van der Waals surface area contributed by atoms with Crippen molar-refractivity contribution in [1.82, 2.24) is 0 Å². The van der Waals surface area contributed by atoms with E-state index in [0.29, 0.717) is 0 Å². The van der Waals surface area contributed by atoms with Crippen LogP contribution in [0.1, 0.15) is 51.4 Å². The molecule has 2 heteroatoms. The summed E-state index contributed by atoms with van der Waals surface area (Å²) in [7, 11) is 1.73. The van der Waals surface area contributed by atoms with Gasteiger partial charge >= 0.3 is 0 Å². The van der Waals surface area contributed by atoms with Gasteiger partial charge in [0, 0.05) is 7.11 Å². The molecule has 2 atom stereocenters. The highest BCUT2D eigenvalue weighted by Gasteiger charge is 2.42. The first-order valence-corrected chi connectivity index (χ1v) is 6.22. The lowest BCUT2D eigenvalue weighted by Crippen LogP contribution is -2.47. The van der Waals surface area contributed by atoms with Gasteiger partial charge in [-0.1, -0.05) is 18.9 Å². The van der Waals surface area contributed by atoms with Crippen molar-refractivity contribution in [3.05, 3.63) is 11.6 Å². The Hall–Kier alpha value is -0.340. The van der Waals surface area contributed by atoms with Crippen LogP contribution >= 0.6 is 0 Å². The lowest BCUT2D eigenvalue weighted by atomic mass is 9.74. The number of aliphatic hydroxyl groups is 1. The molecule has 1 saturated carbocycles. The van der Waals surface area contributed by atoms with Crippen LogP contribution in [0, 0.1) is 0 Å². The predicted molar refractivity (Wildman–Crippen MR) is 60.8 cm³/mol. The average Bonchev–Trinajstić information content (AvgIpc) is 2.31. The fourth-order valence-electron chi connectivity index (χ4n) is 3.04. The molecule has 0 spiro atoms. The molecule has 0 aromatic heterocycles. The summed E-state index contributed by atoms with van der Waals surface area (Å²) in [6.45, 7) is 0. The summed E-state index contributed by atoms with van der Waals surface area (Å²) in [5.41, 5.74) is 0.605. The van der Waals surface area contributed by atoms with E-state index >= 15 is 0 Å². The molecule has 0 aliphatic heterocycles. The first-order valence-electron chi connectivity index (χ1n) is 6.22. The summed E-state index contributed by atoms with van der Waals surface area (Å²) in [5.74, 6) is 0. The minimum absolute atomic E-state index is 0.0237. The van der Waals surface area contributed by atoms with E-state index in [9.17, 15) is 5.11 Å². The van der Waals surface area contributed by atoms with Gasteiger partial charge in [-0.2, -0.15) is 0 Å². The molecule has 0 aromatic carbocycles. The zero-order valence-corrected chi connectivity index (χ0v) is 9.67. The van der Waals surface area contributed by atoms with E-state index in [1.54, 1.807) is 7.11 Å². The molecule has 2 rings (SSSR count). The molecule has 86 valence electrons. The maximum absolute atomic E-state index is 10.8. The normalized spacial score (nSPS) is 37.5. The van der Waals surface area contributed by atoms with Crippen LogP contribution in [0.2, 0.25) is 0 Å². The monoisotopic (exact) mass is 210 g/mol. The quantitative estimate of drug-likeness (QED) is 0.710. The molecule has 1 fully saturated rings. The van der Waals surface area contributed by atoms with E-state index in [1.807, 2.05) is 0 Å². The number of rotatable bonds is 2. The molecule has 2 aliphatic carbocycles. The largest absolute Gasteiger partial charge is 0.383 e. The van der Waals surface area contributed by atoms with E-state index < -0.39 is 5.60 Å². The van der Waals surface area contributed by atoms with E-state index in [0.717, 1.165) is 32.1 Å². The van der Waals surface area contributed by atoms with Crippen LogP contribution in [0.25, 0.3) is 0 Å². The van der Waals surface area contributed by atoms with Crippen molar-refractivity contribution in [2.75, 3.05) is 7.11 Å². The Bertz CT molecular complexity index is 247. The van der Waals surface area contributed by atoms with Crippen molar-refractivity contribution in [3.8, 4) is 0 Å². The van der Waals surface area contributed by atoms with Crippen molar-refractivity contribution in [1.29, 1.82) is 0 Å². The highest BCUT2D eigenvalue weighted by Crippen LogP contribution is 2.39. The maximum Gasteiger partial charge on any atom is 0.112 e. The van der Waals surface area contributed by atoms with Crippen molar-refractivity contribution in [2.45, 2.75) is 63.1 Å². The van der Waals surface area contributed by atoms with Crippen LogP contribution in [0.5, 0.6) is 0 Å². The lowest BCUT2D eigenvalue weighted by Gasteiger charge is -2.42. The molecule has 0 heterocycles. The number of hydrogen-bond acceptors (Lipinski definition) is 2. The minimum atomic E-state index is -0.645. The van der Waals surface area contributed by atoms with E-state index in [-0.39, 0.29) is 6.10 Å². The minimum Gasteiger partial charge on any atom is -0.383 e. The highest BCUT2D eigenvalue weighted by atomic mass is 16.5. The molecule has 0 radical (unpaired) electrons. The van der Waals surface area contributed by atoms with Crippen LogP contribution in [-0.4, -0.2) is 23.9 Å². The van der Waals surface area contributed by atoms with Crippen molar-refractivity contribution in [2.24, 2.45) is 0 Å². The van der Waals surface area contributed by atoms with Crippen LogP contribution in [0.15, 0.2) is 11.6 Å². The van der Waals surface area contributed by atoms with Gasteiger partial charge in [-0.05, 0) is 44.1 Å². The van der Waals surface area contributed by atoms with Crippen molar-refractivity contribution < 1.29 is 9.84 Å². The predicted octanol–water partition coefficient (Wildman–Crippen LogP) is 2.81. The Morgan fingerprint density at radius 2 is 2.20 bits per heavy atom. The summed E-state index contributed by atoms with van der Waals surface area (Å²) >= 11 is 0. The summed E-state index contributed by atoms with van der Waals surface area (Å²) in [6, 6.07) is 0. The van der Waals surface area contributed by atoms with Gasteiger partial charge in [0.25, 0.3) is 0 Å². The second-order valence-corrected chi connectivity index (χ2v) is 4.87. The van der Waals surface area contributed by atoms with Gasteiger partial charge in [-0.3, -0.25) is 0 Å². The fraction of sp³-hybridized carbons (Fsp3) is 0.846. The number of ether oxygens (including phenoxy) is 1. The molecular formula is C13H22O2. The molecule has 0 bridgehead atoms. The Morgan fingerprint density at radius 1 is 1.33 bits per heavy atom. The average molecular weight is 210 g/mol. The zero-order chi connectivity index (χ0) is 10.7. The third-order valence-electron chi connectivity index (χ3n) is 3.94. The number of hydrogen-bond donors (Lipinski definition) is 1. The third kappa shape index (κ3) is 2.11. The Balaban J connectivity index is 2.17. The lowest BCUT2D eigenvalue weighted by molar-refractivity contribution is -0.0950. The molecule has 2 nitrogen and oxygen atoms in total. The topological polar surface area (TPSA) is 29.5 Å². The second-order valence-electron chi connectivity index (χ2n) is 4.87. The van der Waals surface area contributed by atoms with E-state index in [4.69, 9.17) is 4.74 Å². The molecule has 0 amide bonds. The second kappa shape index (κ2) is 4.67. The first-order chi connectivity index (χ1) is 7.27. The molecule has 2 unspecified atom stereocenters. The van der Waals surface area contributed by atoms with Gasteiger partial charge in [0.1, 0.15) is 5.60 Å². The highest BCUT2D eigenvalue weighted by molar-refractivity contribution is 5.22. The van der Waals surface area contributed by atoms with Crippen LogP contribution in [-0.2, 0) is 4.74 Å². The summed E-state index contributed by atoms with van der Waals surface area (Å²) in [5, 5.41) is 10.8. The Morgan fingerprint density at radius 3 is 2.87 bits per heavy atom. The maximum atomic E-state index is 10.8. The van der Waals surface area contributed by atoms with Gasteiger partial charge in [0.05, 0.1) is 6.10 Å². The molecule has 2 aliphatic rings. The van der Waals surface area contributed by atoms with Gasteiger partial charge in [0.15, 0.2) is 0 Å². The van der Waals surface area contributed by atoms with Gasteiger partial charge in [-0.25, -0.2) is 0 Å². The van der Waals surface area contributed by atoms with Crippen molar-refractivity contribution >= 4 is 0 Å². The standard InChI is InChI=1S/C13H22O2/c1-15-12-9-5-6-10-13(12,14)11-7-3-2-4-8-11/h7,12,14H,2-6,8-10H2,1H3. The van der Waals surface area contributed by atoms with Crippen LogP contribution < -0.4 is 0 Å². The summed E-state index contributed by atoms with van der Waals surface area (Å²) < 4.78 is 5.47. The molecular weight excluding hydrogens is 188 g/mol. The van der Waals surface area contributed by atoms with E-state index in [2.05, 4.69) is 6.08 Å². The summed E-state index contributed by atoms with van der Waals surface area (Å²) in [6.07, 6.45) is 11.2. The molecule has 15 heavy (non-hydrogen) atoms. The van der Waals surface area contributed by atoms with Gasteiger partial charge in [0.2, 0.25) is 0 Å². The van der Waals surface area contributed by atoms with Crippen LogP contribution in [0.3, 0.4) is 0 Å². The van der Waals surface area contributed by atoms with Crippen LogP contribution in [0.4, 0.5) is 0 Å². The smallest absolute Gasteiger partial charge is 0.112 e. The number of allylic oxidation sites excluding steroid dienone is 1. The van der Waals surface area contributed by atoms with E-state index in [1.165, 1.54) is 24.8 Å². The third-order valence-corrected chi connectivity index (χ3v) is 3.94. The van der Waals surface area contributed by atoms with Crippen molar-refractivity contribution in [3.63, 3.8) is 0 Å². The first kappa shape index (κ1) is 11.2. The Labute approximate surface area is 92.3 Å². The summed E-state index contributed by atoms with van der Waals surface area (Å²) in [4.78, 5) is 0. The Kier molecular flexibility index (Phi) is 3.47. The molecule has 0 aromatic rings. The number of methoxy groups -OCH3 is 1. The van der Waals surface area contributed by atoms with Gasteiger partial charge in [-0.15, -0.1) is 0 Å².